The molecule has 1 amide bonds. The van der Waals surface area contributed by atoms with Gasteiger partial charge in [0.05, 0.1) is 22.7 Å². The summed E-state index contributed by atoms with van der Waals surface area (Å²) in [5.41, 5.74) is 10.5. The van der Waals surface area contributed by atoms with Crippen LogP contribution in [0.25, 0.3) is 5.70 Å². The van der Waals surface area contributed by atoms with Crippen LogP contribution in [0.1, 0.15) is 18.1 Å². The van der Waals surface area contributed by atoms with Crippen LogP contribution in [0.3, 0.4) is 0 Å². The average molecular weight is 291 g/mol. The van der Waals surface area contributed by atoms with Crippen molar-refractivity contribution < 1.29 is 4.79 Å². The third kappa shape index (κ3) is 2.29. The van der Waals surface area contributed by atoms with E-state index in [0.29, 0.717) is 17.0 Å². The van der Waals surface area contributed by atoms with Crippen LogP contribution in [0.2, 0.25) is 0 Å². The highest BCUT2D eigenvalue weighted by Crippen LogP contribution is 2.27. The number of amides is 1. The summed E-state index contributed by atoms with van der Waals surface area (Å²) in [5, 5.41) is 5.76. The molecule has 0 unspecified atom stereocenters. The molecule has 0 atom stereocenters. The molecule has 2 N–H and O–H groups in total. The SMILES string of the molecule is CC1=NN(c2ccccc2)C(=O)/C1=C(/N)c1ccccc1C. The number of hydrazone groups is 1. The van der Waals surface area contributed by atoms with Crippen LogP contribution in [0.4, 0.5) is 5.69 Å². The molecule has 0 aromatic heterocycles. The Morgan fingerprint density at radius 3 is 2.32 bits per heavy atom. The number of benzene rings is 2. The summed E-state index contributed by atoms with van der Waals surface area (Å²) < 4.78 is 0. The van der Waals surface area contributed by atoms with E-state index in [1.54, 1.807) is 6.92 Å². The van der Waals surface area contributed by atoms with Gasteiger partial charge in [0.25, 0.3) is 5.91 Å². The number of carbonyl (C=O) groups excluding carboxylic acids is 1. The quantitative estimate of drug-likeness (QED) is 0.864. The molecule has 0 aliphatic carbocycles. The fourth-order valence-corrected chi connectivity index (χ4v) is 2.57. The first-order valence-corrected chi connectivity index (χ1v) is 7.10. The Morgan fingerprint density at radius 1 is 1.00 bits per heavy atom. The molecule has 2 aromatic rings. The molecule has 22 heavy (non-hydrogen) atoms. The largest absolute Gasteiger partial charge is 0.398 e. The molecule has 3 rings (SSSR count). The monoisotopic (exact) mass is 291 g/mol. The minimum absolute atomic E-state index is 0.190. The van der Waals surface area contributed by atoms with Gasteiger partial charge in [-0.1, -0.05) is 42.5 Å². The minimum atomic E-state index is -0.190. The lowest BCUT2D eigenvalue weighted by Crippen LogP contribution is -2.23. The van der Waals surface area contributed by atoms with Crippen LogP contribution < -0.4 is 10.7 Å². The second-order valence-electron chi connectivity index (χ2n) is 5.24. The first-order valence-electron chi connectivity index (χ1n) is 7.10. The molecule has 0 saturated carbocycles. The van der Waals surface area contributed by atoms with Gasteiger partial charge in [0.15, 0.2) is 0 Å². The Bertz CT molecular complexity index is 791. The van der Waals surface area contributed by atoms with Crippen LogP contribution in [0.15, 0.2) is 65.3 Å². The third-order valence-electron chi connectivity index (χ3n) is 3.72. The molecule has 0 bridgehead atoms. The molecule has 1 aliphatic heterocycles. The van der Waals surface area contributed by atoms with Crippen molar-refractivity contribution in [2.75, 3.05) is 5.01 Å². The molecule has 0 fully saturated rings. The maximum atomic E-state index is 12.7. The Labute approximate surface area is 129 Å². The van der Waals surface area contributed by atoms with Gasteiger partial charge in [0.1, 0.15) is 0 Å². The maximum absolute atomic E-state index is 12.7. The molecule has 0 saturated heterocycles. The van der Waals surface area contributed by atoms with Gasteiger partial charge in [0.2, 0.25) is 0 Å². The normalized spacial score (nSPS) is 16.7. The number of nitrogens with two attached hydrogens (primary N) is 1. The van der Waals surface area contributed by atoms with Gasteiger partial charge in [-0.05, 0) is 31.5 Å². The van der Waals surface area contributed by atoms with Crippen LogP contribution in [-0.2, 0) is 4.79 Å². The zero-order chi connectivity index (χ0) is 15.7. The Kier molecular flexibility index (Phi) is 3.51. The van der Waals surface area contributed by atoms with Crippen molar-refractivity contribution in [3.63, 3.8) is 0 Å². The van der Waals surface area contributed by atoms with Gasteiger partial charge in [0, 0.05) is 5.56 Å². The summed E-state index contributed by atoms with van der Waals surface area (Å²) in [6, 6.07) is 17.1. The molecular weight excluding hydrogens is 274 g/mol. The van der Waals surface area contributed by atoms with E-state index < -0.39 is 0 Å². The van der Waals surface area contributed by atoms with Crippen molar-refractivity contribution in [1.29, 1.82) is 0 Å². The molecule has 110 valence electrons. The molecule has 4 nitrogen and oxygen atoms in total. The highest BCUT2D eigenvalue weighted by molar-refractivity contribution is 6.33. The van der Waals surface area contributed by atoms with Crippen molar-refractivity contribution >= 4 is 23.0 Å². The fourth-order valence-electron chi connectivity index (χ4n) is 2.57. The number of carbonyl (C=O) groups is 1. The number of aryl methyl sites for hydroxylation is 1. The van der Waals surface area contributed by atoms with Gasteiger partial charge in [-0.25, -0.2) is 0 Å². The summed E-state index contributed by atoms with van der Waals surface area (Å²) in [4.78, 5) is 12.7. The molecule has 0 spiro atoms. The summed E-state index contributed by atoms with van der Waals surface area (Å²) >= 11 is 0. The van der Waals surface area contributed by atoms with Crippen molar-refractivity contribution in [3.05, 3.63) is 71.3 Å². The molecule has 1 aliphatic rings. The predicted octanol–water partition coefficient (Wildman–Crippen LogP) is 3.09. The van der Waals surface area contributed by atoms with Gasteiger partial charge < -0.3 is 5.73 Å². The summed E-state index contributed by atoms with van der Waals surface area (Å²) in [5.74, 6) is -0.190. The van der Waals surface area contributed by atoms with E-state index in [4.69, 9.17) is 5.73 Å². The van der Waals surface area contributed by atoms with Gasteiger partial charge in [-0.15, -0.1) is 0 Å². The van der Waals surface area contributed by atoms with E-state index in [2.05, 4.69) is 5.10 Å². The number of para-hydroxylation sites is 1. The van der Waals surface area contributed by atoms with Gasteiger partial charge in [-0.2, -0.15) is 10.1 Å². The average Bonchev–Trinajstić information content (AvgIpc) is 2.83. The third-order valence-corrected chi connectivity index (χ3v) is 3.72. The maximum Gasteiger partial charge on any atom is 0.282 e. The number of anilines is 1. The molecule has 4 heteroatoms. The van der Waals surface area contributed by atoms with E-state index in [1.807, 2.05) is 61.5 Å². The first-order chi connectivity index (χ1) is 10.6. The van der Waals surface area contributed by atoms with Crippen LogP contribution in [0, 0.1) is 6.92 Å². The van der Waals surface area contributed by atoms with Gasteiger partial charge in [-0.3, -0.25) is 4.79 Å². The lowest BCUT2D eigenvalue weighted by Gasteiger charge is -2.12. The number of hydrogen-bond donors (Lipinski definition) is 1. The standard InChI is InChI=1S/C18H17N3O/c1-12-8-6-7-11-15(12)17(19)16-13(2)20-21(18(16)22)14-9-4-3-5-10-14/h3-11H,19H2,1-2H3/b17-16+. The van der Waals surface area contributed by atoms with Crippen LogP contribution >= 0.6 is 0 Å². The summed E-state index contributed by atoms with van der Waals surface area (Å²) in [7, 11) is 0. The van der Waals surface area contributed by atoms with Crippen molar-refractivity contribution in [3.8, 4) is 0 Å². The lowest BCUT2D eigenvalue weighted by molar-refractivity contribution is -0.114. The first kappa shape index (κ1) is 14.1. The highest BCUT2D eigenvalue weighted by atomic mass is 16.2. The number of nitrogens with zero attached hydrogens (tertiary/aromatic N) is 2. The Morgan fingerprint density at radius 2 is 1.64 bits per heavy atom. The zero-order valence-electron chi connectivity index (χ0n) is 12.6. The zero-order valence-corrected chi connectivity index (χ0v) is 12.6. The fraction of sp³-hybridized carbons (Fsp3) is 0.111. The highest BCUT2D eigenvalue weighted by Gasteiger charge is 2.31. The van der Waals surface area contributed by atoms with E-state index in [-0.39, 0.29) is 5.91 Å². The topological polar surface area (TPSA) is 58.7 Å². The van der Waals surface area contributed by atoms with Crippen LogP contribution in [0.5, 0.6) is 0 Å². The van der Waals surface area contributed by atoms with Crippen molar-refractivity contribution in [2.45, 2.75) is 13.8 Å². The molecule has 1 heterocycles. The van der Waals surface area contributed by atoms with Crippen molar-refractivity contribution in [2.24, 2.45) is 10.8 Å². The molecule has 0 radical (unpaired) electrons. The van der Waals surface area contributed by atoms with Gasteiger partial charge >= 0.3 is 0 Å². The minimum Gasteiger partial charge on any atom is -0.398 e. The second kappa shape index (κ2) is 5.48. The smallest absolute Gasteiger partial charge is 0.282 e. The second-order valence-corrected chi connectivity index (χ2v) is 5.24. The lowest BCUT2D eigenvalue weighted by atomic mass is 10.00. The van der Waals surface area contributed by atoms with E-state index in [1.165, 1.54) is 5.01 Å². The van der Waals surface area contributed by atoms with E-state index >= 15 is 0 Å². The van der Waals surface area contributed by atoms with Crippen molar-refractivity contribution in [1.82, 2.24) is 0 Å². The Hall–Kier alpha value is -2.88. The molecule has 2 aromatic carbocycles. The summed E-state index contributed by atoms with van der Waals surface area (Å²) in [6.45, 7) is 3.78. The van der Waals surface area contributed by atoms with Crippen LogP contribution in [-0.4, -0.2) is 11.6 Å². The predicted molar refractivity (Wildman–Crippen MR) is 89.3 cm³/mol. The van der Waals surface area contributed by atoms with E-state index in [9.17, 15) is 4.79 Å². The Balaban J connectivity index is 2.07. The summed E-state index contributed by atoms with van der Waals surface area (Å²) in [6.07, 6.45) is 0. The molecular formula is C18H17N3O. The van der Waals surface area contributed by atoms with E-state index in [0.717, 1.165) is 16.8 Å². The number of hydrogen-bond acceptors (Lipinski definition) is 3. The number of rotatable bonds is 2.